The molecule has 114 valence electrons. The van der Waals surface area contributed by atoms with Crippen LogP contribution in [0, 0.1) is 3.57 Å². The van der Waals surface area contributed by atoms with E-state index in [1.54, 1.807) is 24.3 Å². The summed E-state index contributed by atoms with van der Waals surface area (Å²) in [5.41, 5.74) is 6.80. The molecule has 0 spiro atoms. The van der Waals surface area contributed by atoms with Crippen molar-refractivity contribution >= 4 is 46.0 Å². The van der Waals surface area contributed by atoms with Crippen molar-refractivity contribution in [3.05, 3.63) is 68.3 Å². The number of rotatable bonds is 5. The Morgan fingerprint density at radius 3 is 2.36 bits per heavy atom. The second-order valence-electron chi connectivity index (χ2n) is 4.73. The molecule has 2 rings (SSSR count). The molecule has 1 atom stereocenters. The summed E-state index contributed by atoms with van der Waals surface area (Å²) < 4.78 is 1.02. The molecule has 4 nitrogen and oxygen atoms in total. The van der Waals surface area contributed by atoms with Crippen LogP contribution in [0.15, 0.2) is 48.5 Å². The molecule has 2 aromatic rings. The third-order valence-electron chi connectivity index (χ3n) is 3.14. The van der Waals surface area contributed by atoms with Crippen LogP contribution in [0.5, 0.6) is 0 Å². The van der Waals surface area contributed by atoms with Crippen molar-refractivity contribution < 1.29 is 9.59 Å². The molecular formula is C16H14ClIN2O2. The Hall–Kier alpha value is -1.60. The van der Waals surface area contributed by atoms with E-state index in [-0.39, 0.29) is 5.91 Å². The Balaban J connectivity index is 2.12. The van der Waals surface area contributed by atoms with Gasteiger partial charge in [-0.1, -0.05) is 29.8 Å². The van der Waals surface area contributed by atoms with E-state index >= 15 is 0 Å². The third-order valence-corrected chi connectivity index (χ3v) is 4.44. The number of primary amides is 1. The van der Waals surface area contributed by atoms with Crippen molar-refractivity contribution in [3.8, 4) is 0 Å². The van der Waals surface area contributed by atoms with E-state index in [1.807, 2.05) is 24.3 Å². The lowest BCUT2D eigenvalue weighted by Crippen LogP contribution is -2.46. The van der Waals surface area contributed by atoms with Gasteiger partial charge in [0.25, 0.3) is 5.91 Å². The van der Waals surface area contributed by atoms with Gasteiger partial charge in [0.1, 0.15) is 6.04 Å². The van der Waals surface area contributed by atoms with Crippen molar-refractivity contribution in [1.29, 1.82) is 0 Å². The molecule has 0 aliphatic carbocycles. The molecule has 0 saturated carbocycles. The van der Waals surface area contributed by atoms with Crippen LogP contribution < -0.4 is 11.1 Å². The first-order valence-electron chi connectivity index (χ1n) is 6.56. The van der Waals surface area contributed by atoms with Crippen LogP contribution in [0.1, 0.15) is 15.9 Å². The summed E-state index contributed by atoms with van der Waals surface area (Å²) in [6, 6.07) is 13.3. The van der Waals surface area contributed by atoms with E-state index < -0.39 is 11.9 Å². The van der Waals surface area contributed by atoms with Crippen LogP contribution in [0.2, 0.25) is 5.02 Å². The van der Waals surface area contributed by atoms with E-state index in [0.29, 0.717) is 17.0 Å². The average molecular weight is 429 g/mol. The van der Waals surface area contributed by atoms with Crippen molar-refractivity contribution in [2.24, 2.45) is 5.73 Å². The van der Waals surface area contributed by atoms with Crippen molar-refractivity contribution in [2.75, 3.05) is 0 Å². The van der Waals surface area contributed by atoms with Crippen LogP contribution in [-0.4, -0.2) is 17.9 Å². The number of carbonyl (C=O) groups is 2. The maximum absolute atomic E-state index is 12.2. The molecule has 22 heavy (non-hydrogen) atoms. The summed E-state index contributed by atoms with van der Waals surface area (Å²) >= 11 is 7.98. The van der Waals surface area contributed by atoms with Gasteiger partial charge in [0.05, 0.1) is 0 Å². The van der Waals surface area contributed by atoms with Crippen LogP contribution >= 0.6 is 34.2 Å². The van der Waals surface area contributed by atoms with E-state index in [0.717, 1.165) is 9.13 Å². The SMILES string of the molecule is NC(=O)[C@H](Cc1ccccc1I)NC(=O)c1ccc(Cl)cc1. The van der Waals surface area contributed by atoms with Crippen LogP contribution in [0.3, 0.4) is 0 Å². The Morgan fingerprint density at radius 1 is 1.14 bits per heavy atom. The van der Waals surface area contributed by atoms with Gasteiger partial charge in [-0.2, -0.15) is 0 Å². The van der Waals surface area contributed by atoms with Gasteiger partial charge in [0, 0.05) is 20.6 Å². The standard InChI is InChI=1S/C16H14ClIN2O2/c17-12-7-5-10(6-8-12)16(22)20-14(15(19)21)9-11-3-1-2-4-13(11)18/h1-8,14H,9H2,(H2,19,21)(H,20,22)/t14-/m0/s1. The monoisotopic (exact) mass is 428 g/mol. The number of hydrogen-bond acceptors (Lipinski definition) is 2. The second-order valence-corrected chi connectivity index (χ2v) is 6.33. The summed E-state index contributed by atoms with van der Waals surface area (Å²) in [5.74, 6) is -0.923. The zero-order valence-corrected chi connectivity index (χ0v) is 14.5. The van der Waals surface area contributed by atoms with E-state index in [4.69, 9.17) is 17.3 Å². The molecule has 6 heteroatoms. The molecule has 0 aromatic heterocycles. The minimum Gasteiger partial charge on any atom is -0.368 e. The lowest BCUT2D eigenvalue weighted by molar-refractivity contribution is -0.119. The fourth-order valence-electron chi connectivity index (χ4n) is 1.95. The van der Waals surface area contributed by atoms with Gasteiger partial charge in [0.15, 0.2) is 0 Å². The predicted molar refractivity (Wildman–Crippen MR) is 94.8 cm³/mol. The van der Waals surface area contributed by atoms with Gasteiger partial charge in [0.2, 0.25) is 5.91 Å². The number of carbonyl (C=O) groups excluding carboxylic acids is 2. The maximum Gasteiger partial charge on any atom is 0.251 e. The number of benzene rings is 2. The summed E-state index contributed by atoms with van der Waals surface area (Å²) in [7, 11) is 0. The normalized spacial score (nSPS) is 11.7. The molecule has 0 aliphatic rings. The number of hydrogen-bond donors (Lipinski definition) is 2. The molecule has 0 bridgehead atoms. The highest BCUT2D eigenvalue weighted by atomic mass is 127. The van der Waals surface area contributed by atoms with Gasteiger partial charge in [-0.3, -0.25) is 9.59 Å². The Labute approximate surface area is 147 Å². The minimum atomic E-state index is -0.765. The molecule has 2 amide bonds. The molecule has 0 saturated heterocycles. The number of halogens is 2. The molecule has 2 aromatic carbocycles. The molecule has 0 unspecified atom stereocenters. The van der Waals surface area contributed by atoms with Crippen molar-refractivity contribution in [3.63, 3.8) is 0 Å². The van der Waals surface area contributed by atoms with Gasteiger partial charge in [-0.25, -0.2) is 0 Å². The average Bonchev–Trinajstić information content (AvgIpc) is 2.49. The van der Waals surface area contributed by atoms with E-state index in [2.05, 4.69) is 27.9 Å². The number of amides is 2. The summed E-state index contributed by atoms with van der Waals surface area (Å²) in [5, 5.41) is 3.21. The van der Waals surface area contributed by atoms with Crippen molar-refractivity contribution in [2.45, 2.75) is 12.5 Å². The van der Waals surface area contributed by atoms with Crippen LogP contribution in [-0.2, 0) is 11.2 Å². The molecule has 3 N–H and O–H groups in total. The highest BCUT2D eigenvalue weighted by molar-refractivity contribution is 14.1. The van der Waals surface area contributed by atoms with E-state index in [1.165, 1.54) is 0 Å². The van der Waals surface area contributed by atoms with E-state index in [9.17, 15) is 9.59 Å². The first-order chi connectivity index (χ1) is 10.5. The van der Waals surface area contributed by atoms with Gasteiger partial charge < -0.3 is 11.1 Å². The lowest BCUT2D eigenvalue weighted by atomic mass is 10.0. The van der Waals surface area contributed by atoms with Crippen LogP contribution in [0.4, 0.5) is 0 Å². The minimum absolute atomic E-state index is 0.355. The highest BCUT2D eigenvalue weighted by Gasteiger charge is 2.20. The lowest BCUT2D eigenvalue weighted by Gasteiger charge is -2.16. The third kappa shape index (κ3) is 4.45. The Bertz CT molecular complexity index is 689. The number of nitrogens with two attached hydrogens (primary N) is 1. The van der Waals surface area contributed by atoms with Crippen molar-refractivity contribution in [1.82, 2.24) is 5.32 Å². The van der Waals surface area contributed by atoms with Gasteiger partial charge >= 0.3 is 0 Å². The van der Waals surface area contributed by atoms with Crippen LogP contribution in [0.25, 0.3) is 0 Å². The van der Waals surface area contributed by atoms with Gasteiger partial charge in [-0.05, 0) is 58.5 Å². The first-order valence-corrected chi connectivity index (χ1v) is 8.02. The summed E-state index contributed by atoms with van der Waals surface area (Å²) in [6.45, 7) is 0. The largest absolute Gasteiger partial charge is 0.368 e. The Kier molecular flexibility index (Phi) is 5.79. The quantitative estimate of drug-likeness (QED) is 0.719. The predicted octanol–water partition coefficient (Wildman–Crippen LogP) is 2.77. The molecule has 0 heterocycles. The van der Waals surface area contributed by atoms with Gasteiger partial charge in [-0.15, -0.1) is 0 Å². The number of nitrogens with one attached hydrogen (secondary N) is 1. The Morgan fingerprint density at radius 2 is 1.77 bits per heavy atom. The molecule has 0 aliphatic heterocycles. The summed E-state index contributed by atoms with van der Waals surface area (Å²) in [6.07, 6.45) is 0.355. The molecular weight excluding hydrogens is 415 g/mol. The fourth-order valence-corrected chi connectivity index (χ4v) is 2.68. The topological polar surface area (TPSA) is 72.2 Å². The zero-order valence-electron chi connectivity index (χ0n) is 11.6. The molecule has 0 fully saturated rings. The smallest absolute Gasteiger partial charge is 0.251 e. The molecule has 0 radical (unpaired) electrons. The zero-order chi connectivity index (χ0) is 16.1. The second kappa shape index (κ2) is 7.60. The first kappa shape index (κ1) is 16.8. The summed E-state index contributed by atoms with van der Waals surface area (Å²) in [4.78, 5) is 23.8. The maximum atomic E-state index is 12.2. The fraction of sp³-hybridized carbons (Fsp3) is 0.125. The highest BCUT2D eigenvalue weighted by Crippen LogP contribution is 2.14.